The van der Waals surface area contributed by atoms with Crippen LogP contribution in [0.3, 0.4) is 0 Å². The van der Waals surface area contributed by atoms with Gasteiger partial charge in [0.2, 0.25) is 0 Å². The van der Waals surface area contributed by atoms with E-state index in [1.54, 1.807) is 36.2 Å². The van der Waals surface area contributed by atoms with Crippen molar-refractivity contribution in [2.45, 2.75) is 13.8 Å². The highest BCUT2D eigenvalue weighted by Crippen LogP contribution is 2.23. The monoisotopic (exact) mass is 365 g/mol. The van der Waals surface area contributed by atoms with Crippen LogP contribution in [0.1, 0.15) is 31.2 Å². The molecule has 0 unspecified atom stereocenters. The molecule has 0 aliphatic carbocycles. The second-order valence-electron chi connectivity index (χ2n) is 6.05. The Hall–Kier alpha value is -2.92. The third kappa shape index (κ3) is 3.83. The highest BCUT2D eigenvalue weighted by molar-refractivity contribution is 7.12. The summed E-state index contributed by atoms with van der Waals surface area (Å²) in [6, 6.07) is 16.2. The number of aryl methyl sites for hydroxylation is 2. The first-order valence-electron chi connectivity index (χ1n) is 8.17. The van der Waals surface area contributed by atoms with E-state index in [4.69, 9.17) is 4.74 Å². The number of amides is 1. The molecule has 0 N–H and O–H groups in total. The summed E-state index contributed by atoms with van der Waals surface area (Å²) in [7, 11) is 1.72. The fourth-order valence-electron chi connectivity index (χ4n) is 2.48. The van der Waals surface area contributed by atoms with Gasteiger partial charge in [-0.25, -0.2) is 4.79 Å². The third-order valence-electron chi connectivity index (χ3n) is 4.09. The molecular weight excluding hydrogens is 346 g/mol. The van der Waals surface area contributed by atoms with Gasteiger partial charge in [0.1, 0.15) is 10.6 Å². The number of esters is 1. The molecule has 0 saturated heterocycles. The highest BCUT2D eigenvalue weighted by atomic mass is 32.1. The van der Waals surface area contributed by atoms with Crippen molar-refractivity contribution in [3.8, 4) is 5.75 Å². The SMILES string of the molecule is Cc1ccc(C(=O)N(C)c2ccc(OC(=O)c3sccc3C)cc2)cc1. The van der Waals surface area contributed by atoms with E-state index in [1.807, 2.05) is 49.6 Å². The van der Waals surface area contributed by atoms with Gasteiger partial charge in [-0.1, -0.05) is 17.7 Å². The van der Waals surface area contributed by atoms with E-state index in [9.17, 15) is 9.59 Å². The number of carbonyl (C=O) groups is 2. The lowest BCUT2D eigenvalue weighted by Gasteiger charge is -2.18. The summed E-state index contributed by atoms with van der Waals surface area (Å²) in [5, 5.41) is 1.86. The molecule has 0 fully saturated rings. The molecule has 0 radical (unpaired) electrons. The number of anilines is 1. The minimum Gasteiger partial charge on any atom is -0.422 e. The van der Waals surface area contributed by atoms with E-state index >= 15 is 0 Å². The molecule has 0 bridgehead atoms. The molecule has 2 aromatic carbocycles. The van der Waals surface area contributed by atoms with E-state index in [0.29, 0.717) is 16.2 Å². The smallest absolute Gasteiger partial charge is 0.353 e. The van der Waals surface area contributed by atoms with Crippen LogP contribution in [0.25, 0.3) is 0 Å². The summed E-state index contributed by atoms with van der Waals surface area (Å²) in [4.78, 5) is 26.9. The van der Waals surface area contributed by atoms with Gasteiger partial charge in [0.25, 0.3) is 5.91 Å². The number of rotatable bonds is 4. The maximum Gasteiger partial charge on any atom is 0.353 e. The van der Waals surface area contributed by atoms with Gasteiger partial charge in [-0.2, -0.15) is 0 Å². The van der Waals surface area contributed by atoms with Crippen LogP contribution in [-0.4, -0.2) is 18.9 Å². The van der Waals surface area contributed by atoms with Crippen molar-refractivity contribution >= 4 is 28.9 Å². The van der Waals surface area contributed by atoms with E-state index in [2.05, 4.69) is 0 Å². The van der Waals surface area contributed by atoms with Crippen molar-refractivity contribution < 1.29 is 14.3 Å². The lowest BCUT2D eigenvalue weighted by Crippen LogP contribution is -2.26. The average molecular weight is 365 g/mol. The fourth-order valence-corrected chi connectivity index (χ4v) is 3.28. The van der Waals surface area contributed by atoms with Crippen molar-refractivity contribution in [2.24, 2.45) is 0 Å². The van der Waals surface area contributed by atoms with Gasteiger partial charge in [-0.15, -0.1) is 11.3 Å². The van der Waals surface area contributed by atoms with Crippen LogP contribution in [0.15, 0.2) is 60.0 Å². The molecule has 1 aromatic heterocycles. The van der Waals surface area contributed by atoms with Crippen molar-refractivity contribution in [3.63, 3.8) is 0 Å². The molecule has 3 rings (SSSR count). The van der Waals surface area contributed by atoms with Crippen LogP contribution in [0, 0.1) is 13.8 Å². The molecular formula is C21H19NO3S. The van der Waals surface area contributed by atoms with E-state index in [-0.39, 0.29) is 11.9 Å². The summed E-state index contributed by atoms with van der Waals surface area (Å²) in [6.07, 6.45) is 0. The van der Waals surface area contributed by atoms with Gasteiger partial charge in [-0.05, 0) is 67.3 Å². The minimum atomic E-state index is -0.366. The molecule has 0 atom stereocenters. The van der Waals surface area contributed by atoms with Crippen LogP contribution in [-0.2, 0) is 0 Å². The molecule has 1 heterocycles. The lowest BCUT2D eigenvalue weighted by atomic mass is 10.1. The lowest BCUT2D eigenvalue weighted by molar-refractivity contribution is 0.0739. The Morgan fingerprint density at radius 3 is 2.15 bits per heavy atom. The van der Waals surface area contributed by atoms with Gasteiger partial charge in [0, 0.05) is 18.3 Å². The molecule has 3 aromatic rings. The van der Waals surface area contributed by atoms with Gasteiger partial charge < -0.3 is 9.64 Å². The Bertz CT molecular complexity index is 927. The average Bonchev–Trinajstić information content (AvgIpc) is 3.08. The van der Waals surface area contributed by atoms with Crippen LogP contribution in [0.5, 0.6) is 5.75 Å². The summed E-state index contributed by atoms with van der Waals surface area (Å²) in [5.41, 5.74) is 3.36. The number of benzene rings is 2. The van der Waals surface area contributed by atoms with E-state index in [0.717, 1.165) is 16.8 Å². The van der Waals surface area contributed by atoms with Crippen molar-refractivity contribution in [3.05, 3.63) is 81.5 Å². The Morgan fingerprint density at radius 2 is 1.58 bits per heavy atom. The van der Waals surface area contributed by atoms with Gasteiger partial charge in [0.15, 0.2) is 0 Å². The zero-order valence-corrected chi connectivity index (χ0v) is 15.7. The highest BCUT2D eigenvalue weighted by Gasteiger charge is 2.15. The van der Waals surface area contributed by atoms with Gasteiger partial charge in [0.05, 0.1) is 0 Å². The quantitative estimate of drug-likeness (QED) is 0.490. The Kier molecular flexibility index (Phi) is 5.19. The molecule has 0 spiro atoms. The van der Waals surface area contributed by atoms with Crippen molar-refractivity contribution in [2.75, 3.05) is 11.9 Å². The topological polar surface area (TPSA) is 46.6 Å². The second-order valence-corrected chi connectivity index (χ2v) is 6.96. The van der Waals surface area contributed by atoms with Crippen LogP contribution < -0.4 is 9.64 Å². The number of nitrogens with zero attached hydrogens (tertiary/aromatic N) is 1. The predicted octanol–water partition coefficient (Wildman–Crippen LogP) is 4.86. The number of carbonyl (C=O) groups excluding carboxylic acids is 2. The summed E-state index contributed by atoms with van der Waals surface area (Å²) < 4.78 is 5.40. The van der Waals surface area contributed by atoms with Crippen LogP contribution >= 0.6 is 11.3 Å². The molecule has 0 aliphatic rings. The van der Waals surface area contributed by atoms with Crippen molar-refractivity contribution in [1.82, 2.24) is 0 Å². The normalized spacial score (nSPS) is 10.4. The number of thiophene rings is 1. The Balaban J connectivity index is 1.70. The largest absolute Gasteiger partial charge is 0.422 e. The van der Waals surface area contributed by atoms with Gasteiger partial charge in [-0.3, -0.25) is 4.79 Å². The van der Waals surface area contributed by atoms with E-state index in [1.165, 1.54) is 11.3 Å². The zero-order chi connectivity index (χ0) is 18.7. The fraction of sp³-hybridized carbons (Fsp3) is 0.143. The second kappa shape index (κ2) is 7.54. The standard InChI is InChI=1S/C21H19NO3S/c1-14-4-6-16(7-5-14)20(23)22(3)17-8-10-18(11-9-17)25-21(24)19-15(2)12-13-26-19/h4-13H,1-3H3. The molecule has 0 aliphatic heterocycles. The van der Waals surface area contributed by atoms with Crippen LogP contribution in [0.4, 0.5) is 5.69 Å². The Labute approximate surface area is 156 Å². The molecule has 132 valence electrons. The third-order valence-corrected chi connectivity index (χ3v) is 5.08. The predicted molar refractivity (Wildman–Crippen MR) is 104 cm³/mol. The summed E-state index contributed by atoms with van der Waals surface area (Å²) in [6.45, 7) is 3.86. The molecule has 0 saturated carbocycles. The maximum absolute atomic E-state index is 12.6. The molecule has 4 nitrogen and oxygen atoms in total. The maximum atomic E-state index is 12.6. The minimum absolute atomic E-state index is 0.0936. The first-order valence-corrected chi connectivity index (χ1v) is 9.05. The summed E-state index contributed by atoms with van der Waals surface area (Å²) in [5.74, 6) is -0.0129. The van der Waals surface area contributed by atoms with Crippen molar-refractivity contribution in [1.29, 1.82) is 0 Å². The number of ether oxygens (including phenoxy) is 1. The van der Waals surface area contributed by atoms with Gasteiger partial charge >= 0.3 is 5.97 Å². The molecule has 26 heavy (non-hydrogen) atoms. The summed E-state index contributed by atoms with van der Waals surface area (Å²) >= 11 is 1.36. The van der Waals surface area contributed by atoms with Crippen LogP contribution in [0.2, 0.25) is 0 Å². The first kappa shape index (κ1) is 17.9. The molecule has 5 heteroatoms. The zero-order valence-electron chi connectivity index (χ0n) is 14.9. The first-order chi connectivity index (χ1) is 12.5. The van der Waals surface area contributed by atoms with E-state index < -0.39 is 0 Å². The Morgan fingerprint density at radius 1 is 0.923 bits per heavy atom. The number of hydrogen-bond acceptors (Lipinski definition) is 4. The number of hydrogen-bond donors (Lipinski definition) is 0. The molecule has 1 amide bonds.